The van der Waals surface area contributed by atoms with E-state index in [-0.39, 0.29) is 11.9 Å². The summed E-state index contributed by atoms with van der Waals surface area (Å²) >= 11 is 3.36. The molecule has 2 aromatic rings. The molecule has 8 heteroatoms. The molecule has 156 valence electrons. The minimum Gasteiger partial charge on any atom is -0.481 e. The van der Waals surface area contributed by atoms with Crippen LogP contribution >= 0.6 is 15.9 Å². The Bertz CT molecular complexity index is 938. The molecule has 0 bridgehead atoms. The van der Waals surface area contributed by atoms with Gasteiger partial charge in [0.25, 0.3) is 5.91 Å². The van der Waals surface area contributed by atoms with Gasteiger partial charge in [-0.2, -0.15) is 4.31 Å². The van der Waals surface area contributed by atoms with Crippen LogP contribution in [-0.2, 0) is 14.8 Å². The van der Waals surface area contributed by atoms with Crippen molar-refractivity contribution in [3.8, 4) is 5.75 Å². The maximum atomic E-state index is 12.8. The molecule has 0 radical (unpaired) electrons. The molecule has 1 saturated heterocycles. The van der Waals surface area contributed by atoms with Crippen molar-refractivity contribution in [3.05, 3.63) is 58.6 Å². The number of halogens is 1. The van der Waals surface area contributed by atoms with E-state index in [2.05, 4.69) is 21.2 Å². The molecule has 1 fully saturated rings. The number of hydrogen-bond acceptors (Lipinski definition) is 4. The van der Waals surface area contributed by atoms with E-state index in [9.17, 15) is 13.2 Å². The molecule has 1 heterocycles. The Kier molecular flexibility index (Phi) is 6.97. The zero-order valence-electron chi connectivity index (χ0n) is 16.5. The summed E-state index contributed by atoms with van der Waals surface area (Å²) in [5.41, 5.74) is 1.02. The van der Waals surface area contributed by atoms with Crippen LogP contribution in [0.3, 0.4) is 0 Å². The summed E-state index contributed by atoms with van der Waals surface area (Å²) < 4.78 is 33.7. The zero-order valence-corrected chi connectivity index (χ0v) is 18.9. The fourth-order valence-electron chi connectivity index (χ4n) is 3.19. The summed E-state index contributed by atoms with van der Waals surface area (Å²) in [4.78, 5) is 12.7. The largest absolute Gasteiger partial charge is 0.481 e. The van der Waals surface area contributed by atoms with Crippen molar-refractivity contribution >= 4 is 31.9 Å². The van der Waals surface area contributed by atoms with Crippen LogP contribution < -0.4 is 10.1 Å². The van der Waals surface area contributed by atoms with Gasteiger partial charge in [0.2, 0.25) is 10.0 Å². The van der Waals surface area contributed by atoms with Crippen LogP contribution in [0, 0.1) is 6.92 Å². The first-order valence-corrected chi connectivity index (χ1v) is 11.8. The second-order valence-corrected chi connectivity index (χ2v) is 10.1. The van der Waals surface area contributed by atoms with Crippen LogP contribution in [0.25, 0.3) is 0 Å². The van der Waals surface area contributed by atoms with E-state index in [1.54, 1.807) is 43.3 Å². The first kappa shape index (κ1) is 21.8. The van der Waals surface area contributed by atoms with Gasteiger partial charge in [-0.3, -0.25) is 4.79 Å². The number of benzene rings is 2. The highest BCUT2D eigenvalue weighted by Gasteiger charge is 2.30. The first-order valence-electron chi connectivity index (χ1n) is 9.55. The summed E-state index contributed by atoms with van der Waals surface area (Å²) in [7, 11) is -3.50. The second-order valence-electron chi connectivity index (χ2n) is 7.21. The average molecular weight is 481 g/mol. The minimum absolute atomic E-state index is 0.0667. The molecule has 1 atom stereocenters. The maximum Gasteiger partial charge on any atom is 0.260 e. The van der Waals surface area contributed by atoms with Crippen LogP contribution in [0.5, 0.6) is 5.75 Å². The summed E-state index contributed by atoms with van der Waals surface area (Å²) in [6, 6.07) is 14.1. The second kappa shape index (κ2) is 9.28. The number of nitrogens with one attached hydrogen (secondary N) is 1. The number of carbonyl (C=O) groups excluding carboxylic acids is 1. The van der Waals surface area contributed by atoms with E-state index in [0.717, 1.165) is 10.0 Å². The number of sulfonamides is 1. The van der Waals surface area contributed by atoms with E-state index < -0.39 is 16.1 Å². The molecule has 0 unspecified atom stereocenters. The van der Waals surface area contributed by atoms with Crippen molar-refractivity contribution in [1.29, 1.82) is 0 Å². The van der Waals surface area contributed by atoms with E-state index in [1.165, 1.54) is 4.31 Å². The highest BCUT2D eigenvalue weighted by atomic mass is 79.9. The van der Waals surface area contributed by atoms with Crippen molar-refractivity contribution in [3.63, 3.8) is 0 Å². The van der Waals surface area contributed by atoms with Crippen LogP contribution in [0.2, 0.25) is 0 Å². The van der Waals surface area contributed by atoms with Crippen molar-refractivity contribution in [1.82, 2.24) is 9.62 Å². The molecule has 1 N–H and O–H groups in total. The highest BCUT2D eigenvalue weighted by molar-refractivity contribution is 9.10. The quantitative estimate of drug-likeness (QED) is 0.686. The Hall–Kier alpha value is -1.90. The normalized spacial score (nSPS) is 16.9. The number of ether oxygens (including phenoxy) is 1. The number of amides is 1. The third-order valence-corrected chi connectivity index (χ3v) is 7.40. The van der Waals surface area contributed by atoms with Gasteiger partial charge >= 0.3 is 0 Å². The third-order valence-electron chi connectivity index (χ3n) is 4.95. The van der Waals surface area contributed by atoms with E-state index in [0.29, 0.717) is 36.6 Å². The number of carbonyl (C=O) groups is 1. The molecule has 1 amide bonds. The Balaban J connectivity index is 1.51. The molecule has 0 aliphatic carbocycles. The smallest absolute Gasteiger partial charge is 0.260 e. The lowest BCUT2D eigenvalue weighted by atomic mass is 10.1. The standard InChI is InChI=1S/C21H25BrN2O4S/c1-15-3-9-20(10-4-15)29(26,27)24-13-11-18(12-14-24)23-21(25)16(2)28-19-7-5-17(22)6-8-19/h3-10,16,18H,11-14H2,1-2H3,(H,23,25)/t16-/m1/s1. The van der Waals surface area contributed by atoms with E-state index in [4.69, 9.17) is 4.74 Å². The third kappa shape index (κ3) is 5.58. The van der Waals surface area contributed by atoms with Gasteiger partial charge in [-0.1, -0.05) is 33.6 Å². The van der Waals surface area contributed by atoms with Gasteiger partial charge in [0, 0.05) is 23.6 Å². The Morgan fingerprint density at radius 3 is 2.28 bits per heavy atom. The zero-order chi connectivity index (χ0) is 21.0. The predicted octanol–water partition coefficient (Wildman–Crippen LogP) is 3.49. The van der Waals surface area contributed by atoms with E-state index >= 15 is 0 Å². The predicted molar refractivity (Wildman–Crippen MR) is 115 cm³/mol. The number of piperidine rings is 1. The molecule has 6 nitrogen and oxygen atoms in total. The number of rotatable bonds is 6. The number of hydrogen-bond donors (Lipinski definition) is 1. The van der Waals surface area contributed by atoms with Gasteiger partial charge < -0.3 is 10.1 Å². The average Bonchev–Trinajstić information content (AvgIpc) is 2.70. The molecule has 0 saturated carbocycles. The molecular formula is C21H25BrN2O4S. The van der Waals surface area contributed by atoms with Crippen molar-refractivity contribution in [2.75, 3.05) is 13.1 Å². The maximum absolute atomic E-state index is 12.8. The fraction of sp³-hybridized carbons (Fsp3) is 0.381. The summed E-state index contributed by atoms with van der Waals surface area (Å²) in [5.74, 6) is 0.419. The summed E-state index contributed by atoms with van der Waals surface area (Å²) in [6.45, 7) is 4.38. The Morgan fingerprint density at radius 1 is 1.10 bits per heavy atom. The minimum atomic E-state index is -3.50. The molecule has 1 aliphatic rings. The summed E-state index contributed by atoms with van der Waals surface area (Å²) in [5, 5.41) is 2.97. The first-order chi connectivity index (χ1) is 13.8. The van der Waals surface area contributed by atoms with E-state index in [1.807, 2.05) is 19.1 Å². The Morgan fingerprint density at radius 2 is 1.69 bits per heavy atom. The van der Waals surface area contributed by atoms with Crippen molar-refractivity contribution in [2.45, 2.75) is 43.7 Å². The fourth-order valence-corrected chi connectivity index (χ4v) is 4.92. The highest BCUT2D eigenvalue weighted by Crippen LogP contribution is 2.22. The number of nitrogens with zero attached hydrogens (tertiary/aromatic N) is 1. The SMILES string of the molecule is Cc1ccc(S(=O)(=O)N2CCC(NC(=O)[C@@H](C)Oc3ccc(Br)cc3)CC2)cc1. The topological polar surface area (TPSA) is 75.7 Å². The lowest BCUT2D eigenvalue weighted by Crippen LogP contribution is -2.49. The van der Waals surface area contributed by atoms with Crippen molar-refractivity contribution in [2.24, 2.45) is 0 Å². The van der Waals surface area contributed by atoms with Gasteiger partial charge in [0.15, 0.2) is 6.10 Å². The molecule has 2 aromatic carbocycles. The van der Waals surface area contributed by atoms with Crippen LogP contribution in [0.1, 0.15) is 25.3 Å². The van der Waals surface area contributed by atoms with Crippen LogP contribution in [0.4, 0.5) is 0 Å². The van der Waals surface area contributed by atoms with Gasteiger partial charge in [0.1, 0.15) is 5.75 Å². The lowest BCUT2D eigenvalue weighted by molar-refractivity contribution is -0.128. The van der Waals surface area contributed by atoms with Gasteiger partial charge in [-0.05, 0) is 63.1 Å². The van der Waals surface area contributed by atoms with Gasteiger partial charge in [0.05, 0.1) is 4.90 Å². The van der Waals surface area contributed by atoms with Gasteiger partial charge in [-0.25, -0.2) is 8.42 Å². The molecular weight excluding hydrogens is 456 g/mol. The molecule has 0 aromatic heterocycles. The molecule has 0 spiro atoms. The monoisotopic (exact) mass is 480 g/mol. The van der Waals surface area contributed by atoms with Crippen LogP contribution in [-0.4, -0.2) is 43.9 Å². The molecule has 3 rings (SSSR count). The molecule has 1 aliphatic heterocycles. The lowest BCUT2D eigenvalue weighted by Gasteiger charge is -2.32. The Labute approximate surface area is 180 Å². The number of aryl methyl sites for hydroxylation is 1. The van der Waals surface area contributed by atoms with Crippen molar-refractivity contribution < 1.29 is 17.9 Å². The summed E-state index contributed by atoms with van der Waals surface area (Å²) in [6.07, 6.45) is 0.509. The molecule has 29 heavy (non-hydrogen) atoms. The van der Waals surface area contributed by atoms with Crippen LogP contribution in [0.15, 0.2) is 57.9 Å². The van der Waals surface area contributed by atoms with Gasteiger partial charge in [-0.15, -0.1) is 0 Å².